The van der Waals surface area contributed by atoms with Crippen molar-refractivity contribution in [2.45, 2.75) is 57.0 Å². The van der Waals surface area contributed by atoms with Crippen LogP contribution in [0.25, 0.3) is 0 Å². The van der Waals surface area contributed by atoms with Crippen molar-refractivity contribution < 1.29 is 19.2 Å². The van der Waals surface area contributed by atoms with Crippen molar-refractivity contribution in [3.63, 3.8) is 0 Å². The van der Waals surface area contributed by atoms with Gasteiger partial charge in [-0.1, -0.05) is 12.1 Å². The van der Waals surface area contributed by atoms with Crippen LogP contribution in [-0.2, 0) is 14.4 Å². The summed E-state index contributed by atoms with van der Waals surface area (Å²) in [4.78, 5) is 43.7. The predicted molar refractivity (Wildman–Crippen MR) is 171 cm³/mol. The molecule has 0 radical (unpaired) electrons. The molecule has 1 aromatic heterocycles. The zero-order chi connectivity index (χ0) is 30.5. The molecule has 4 bridgehead atoms. The number of rotatable bonds is 6. The fourth-order valence-electron chi connectivity index (χ4n) is 9.61. The molecule has 9 rings (SSSR count). The van der Waals surface area contributed by atoms with Gasteiger partial charge in [-0.05, 0) is 87.0 Å². The van der Waals surface area contributed by atoms with Crippen molar-refractivity contribution in [2.75, 3.05) is 67.3 Å². The number of pyridine rings is 1. The van der Waals surface area contributed by atoms with E-state index in [1.807, 2.05) is 24.4 Å². The average molecular weight is 616 g/mol. The van der Waals surface area contributed by atoms with Crippen molar-refractivity contribution in [3.05, 3.63) is 42.6 Å². The normalized spacial score (nSPS) is 31.5. The Morgan fingerprint density at radius 2 is 1.64 bits per heavy atom. The van der Waals surface area contributed by atoms with E-state index in [-0.39, 0.29) is 29.2 Å². The van der Waals surface area contributed by atoms with Gasteiger partial charge in [-0.25, -0.2) is 14.8 Å². The van der Waals surface area contributed by atoms with E-state index < -0.39 is 6.09 Å². The van der Waals surface area contributed by atoms with Gasteiger partial charge in [0.1, 0.15) is 5.82 Å². The van der Waals surface area contributed by atoms with E-state index in [1.165, 1.54) is 0 Å². The number of carbonyl (C=O) groups excluding carboxylic acids is 2. The molecule has 2 atom stereocenters. The first-order valence-corrected chi connectivity index (χ1v) is 16.9. The second-order valence-electron chi connectivity index (χ2n) is 14.1. The van der Waals surface area contributed by atoms with Gasteiger partial charge in [-0.15, -0.1) is 0 Å². The Morgan fingerprint density at radius 3 is 2.33 bits per heavy atom. The molecule has 3 aliphatic heterocycles. The molecule has 45 heavy (non-hydrogen) atoms. The van der Waals surface area contributed by atoms with Crippen molar-refractivity contribution in [3.8, 4) is 0 Å². The summed E-state index contributed by atoms with van der Waals surface area (Å²) in [6, 6.07) is 13.0. The Labute approximate surface area is 265 Å². The molecule has 11 nitrogen and oxygen atoms in total. The first-order valence-electron chi connectivity index (χ1n) is 16.9. The fourth-order valence-corrected chi connectivity index (χ4v) is 9.61. The number of para-hydroxylation sites is 2. The minimum absolute atomic E-state index is 0.0330. The quantitative estimate of drug-likeness (QED) is 0.502. The fraction of sp³-hybridized carbons (Fsp3) is 0.618. The smallest absolute Gasteiger partial charge is 0.381 e. The molecule has 2 amide bonds. The lowest BCUT2D eigenvalue weighted by atomic mass is 9.47. The highest BCUT2D eigenvalue weighted by molar-refractivity contribution is 5.82. The first kappa shape index (κ1) is 28.9. The summed E-state index contributed by atoms with van der Waals surface area (Å²) >= 11 is 0. The topological polar surface area (TPSA) is 116 Å². The van der Waals surface area contributed by atoms with E-state index in [9.17, 15) is 9.59 Å². The summed E-state index contributed by atoms with van der Waals surface area (Å²) in [5, 5.41) is 4.91. The highest BCUT2D eigenvalue weighted by atomic mass is 16.7. The van der Waals surface area contributed by atoms with Crippen LogP contribution < -0.4 is 25.9 Å². The minimum Gasteiger partial charge on any atom is -0.381 e. The number of ether oxygens (including phenoxy) is 1. The van der Waals surface area contributed by atoms with Crippen LogP contribution in [0.4, 0.5) is 27.7 Å². The number of primary amides is 1. The Balaban J connectivity index is 0.900. The largest absolute Gasteiger partial charge is 0.431 e. The standard InChI is InChI=1S/C34H45N7O4/c35-32(42)34-19-23-17-24(20-34)31(25(18-23)21-34)37-33(43)45-41-14-13-40(28-3-1-2-4-29(28)41)30-6-5-27(22-36-30)39-11-9-38(10-12-39)26-7-15-44-16-8-26/h1-6,22-26,31H,7-21H2,(H2,35,42)(H,37,43)/t23?,24-,25-,31?,34?/m0/s1. The number of fused-ring (bicyclic) bond motifs is 1. The van der Waals surface area contributed by atoms with Crippen LogP contribution in [0.3, 0.4) is 0 Å². The monoisotopic (exact) mass is 615 g/mol. The van der Waals surface area contributed by atoms with E-state index in [2.05, 4.69) is 38.2 Å². The average Bonchev–Trinajstić information content (AvgIpc) is 3.07. The molecule has 6 fully saturated rings. The Hall–Kier alpha value is -3.57. The molecule has 2 aromatic rings. The molecule has 1 aromatic carbocycles. The third-order valence-corrected chi connectivity index (χ3v) is 11.6. The number of nitrogens with one attached hydrogen (secondary N) is 1. The summed E-state index contributed by atoms with van der Waals surface area (Å²) in [5.41, 5.74) is 8.44. The van der Waals surface area contributed by atoms with Crippen LogP contribution in [0.1, 0.15) is 44.9 Å². The number of hydrogen-bond donors (Lipinski definition) is 2. The molecule has 4 aliphatic carbocycles. The maximum absolute atomic E-state index is 13.3. The predicted octanol–water partition coefficient (Wildman–Crippen LogP) is 3.66. The van der Waals surface area contributed by atoms with E-state index in [1.54, 1.807) is 5.06 Å². The number of benzene rings is 1. The Kier molecular flexibility index (Phi) is 7.48. The lowest BCUT2D eigenvalue weighted by molar-refractivity contribution is -0.145. The third kappa shape index (κ3) is 5.37. The summed E-state index contributed by atoms with van der Waals surface area (Å²) in [7, 11) is 0. The van der Waals surface area contributed by atoms with Crippen LogP contribution in [-0.4, -0.2) is 86.5 Å². The number of amides is 2. The van der Waals surface area contributed by atoms with Gasteiger partial charge in [0.25, 0.3) is 0 Å². The zero-order valence-electron chi connectivity index (χ0n) is 26.0. The maximum atomic E-state index is 13.3. The second-order valence-corrected chi connectivity index (χ2v) is 14.1. The number of aromatic nitrogens is 1. The Morgan fingerprint density at radius 1 is 0.911 bits per heavy atom. The molecule has 11 heteroatoms. The van der Waals surface area contributed by atoms with Crippen LogP contribution in [0.15, 0.2) is 42.6 Å². The van der Waals surface area contributed by atoms with Crippen molar-refractivity contribution in [1.29, 1.82) is 0 Å². The van der Waals surface area contributed by atoms with Gasteiger partial charge >= 0.3 is 6.09 Å². The number of carbonyl (C=O) groups is 2. The number of piperazine rings is 1. The van der Waals surface area contributed by atoms with Crippen molar-refractivity contribution in [1.82, 2.24) is 15.2 Å². The molecule has 4 heterocycles. The summed E-state index contributed by atoms with van der Waals surface area (Å²) in [5.74, 6) is 1.83. The van der Waals surface area contributed by atoms with Gasteiger partial charge in [-0.3, -0.25) is 9.69 Å². The Bertz CT molecular complexity index is 1390. The molecule has 3 N–H and O–H groups in total. The first-order chi connectivity index (χ1) is 22.0. The van der Waals surface area contributed by atoms with E-state index >= 15 is 0 Å². The SMILES string of the molecule is NC(=O)C12CC3C[C@@H](C1)C(NC(=O)ON1CCN(c4ccc(N5CCN(C6CCOCC6)CC5)cn4)c4ccccc41)[C@@H](C3)C2. The number of hydroxylamine groups is 1. The van der Waals surface area contributed by atoms with Gasteiger partial charge in [0.15, 0.2) is 0 Å². The highest BCUT2D eigenvalue weighted by Crippen LogP contribution is 2.60. The summed E-state index contributed by atoms with van der Waals surface area (Å²) in [6.45, 7) is 7.09. The van der Waals surface area contributed by atoms with E-state index in [0.717, 1.165) is 107 Å². The molecular weight excluding hydrogens is 570 g/mol. The minimum atomic E-state index is -0.428. The van der Waals surface area contributed by atoms with Crippen LogP contribution in [0.2, 0.25) is 0 Å². The van der Waals surface area contributed by atoms with Gasteiger partial charge in [0.2, 0.25) is 5.91 Å². The maximum Gasteiger partial charge on any atom is 0.431 e. The number of nitrogens with zero attached hydrogens (tertiary/aromatic N) is 5. The molecule has 7 aliphatic rings. The van der Waals surface area contributed by atoms with Crippen molar-refractivity contribution in [2.24, 2.45) is 28.9 Å². The third-order valence-electron chi connectivity index (χ3n) is 11.6. The molecule has 0 unspecified atom stereocenters. The van der Waals surface area contributed by atoms with E-state index in [4.69, 9.17) is 20.3 Å². The van der Waals surface area contributed by atoms with Gasteiger partial charge in [-0.2, -0.15) is 0 Å². The molecule has 2 saturated heterocycles. The number of hydrogen-bond acceptors (Lipinski definition) is 9. The number of anilines is 4. The summed E-state index contributed by atoms with van der Waals surface area (Å²) < 4.78 is 5.55. The van der Waals surface area contributed by atoms with Crippen LogP contribution in [0.5, 0.6) is 0 Å². The van der Waals surface area contributed by atoms with E-state index in [0.29, 0.717) is 25.0 Å². The summed E-state index contributed by atoms with van der Waals surface area (Å²) in [6.07, 6.45) is 8.42. The van der Waals surface area contributed by atoms with Gasteiger partial charge < -0.3 is 30.4 Å². The van der Waals surface area contributed by atoms with Crippen LogP contribution >= 0.6 is 0 Å². The van der Waals surface area contributed by atoms with Crippen molar-refractivity contribution >= 4 is 34.9 Å². The zero-order valence-corrected chi connectivity index (χ0v) is 26.0. The lowest BCUT2D eigenvalue weighted by Gasteiger charge is -2.58. The molecule has 4 saturated carbocycles. The lowest BCUT2D eigenvalue weighted by Crippen LogP contribution is -2.62. The van der Waals surface area contributed by atoms with Crippen LogP contribution in [0, 0.1) is 23.2 Å². The number of nitrogens with two attached hydrogens (primary N) is 1. The van der Waals surface area contributed by atoms with Gasteiger partial charge in [0, 0.05) is 63.4 Å². The molecule has 0 spiro atoms. The van der Waals surface area contributed by atoms with Gasteiger partial charge in [0.05, 0.1) is 29.8 Å². The highest BCUT2D eigenvalue weighted by Gasteiger charge is 2.58. The molecule has 240 valence electrons. The molecular formula is C34H45N7O4. The second kappa shape index (κ2) is 11.7.